The molecule has 0 spiro atoms. The van der Waals surface area contributed by atoms with Crippen molar-refractivity contribution in [2.75, 3.05) is 24.7 Å². The van der Waals surface area contributed by atoms with Crippen LogP contribution in [0.4, 0.5) is 0 Å². The van der Waals surface area contributed by atoms with Gasteiger partial charge in [-0.1, -0.05) is 15.9 Å². The fourth-order valence-corrected chi connectivity index (χ4v) is 6.23. The zero-order valence-corrected chi connectivity index (χ0v) is 15.4. The van der Waals surface area contributed by atoms with Gasteiger partial charge in [0.15, 0.2) is 9.84 Å². The molecule has 23 heavy (non-hydrogen) atoms. The highest BCUT2D eigenvalue weighted by molar-refractivity contribution is 9.10. The van der Waals surface area contributed by atoms with E-state index < -0.39 is 38.6 Å². The average Bonchev–Trinajstić information content (AvgIpc) is 2.84. The number of sulfonamides is 1. The quantitative estimate of drug-likeness (QED) is 0.659. The standard InChI is InChI=1S/C13H18BrNO6S2/c14-10-1-3-13(4-2-10)23(20,21)15(7-12(17)8-16)11-5-6-22(18,19)9-11/h1-4,11-12,16-17H,5-9H2/t11-,12-/m0/s1. The second kappa shape index (κ2) is 7.16. The maximum Gasteiger partial charge on any atom is 0.243 e. The summed E-state index contributed by atoms with van der Waals surface area (Å²) in [5.74, 6) is -0.361. The van der Waals surface area contributed by atoms with E-state index in [-0.39, 0.29) is 29.4 Å². The summed E-state index contributed by atoms with van der Waals surface area (Å²) >= 11 is 3.22. The molecule has 2 N–H and O–H groups in total. The third kappa shape index (κ3) is 4.52. The fourth-order valence-electron chi connectivity index (χ4n) is 2.45. The topological polar surface area (TPSA) is 112 Å². The maximum atomic E-state index is 12.8. The molecule has 0 bridgehead atoms. The van der Waals surface area contributed by atoms with Crippen molar-refractivity contribution in [1.29, 1.82) is 0 Å². The van der Waals surface area contributed by atoms with E-state index in [4.69, 9.17) is 5.11 Å². The van der Waals surface area contributed by atoms with E-state index in [1.54, 1.807) is 12.1 Å². The minimum Gasteiger partial charge on any atom is -0.394 e. The third-order valence-corrected chi connectivity index (χ3v) is 7.85. The van der Waals surface area contributed by atoms with E-state index in [1.165, 1.54) is 12.1 Å². The van der Waals surface area contributed by atoms with Crippen LogP contribution >= 0.6 is 15.9 Å². The lowest BCUT2D eigenvalue weighted by Gasteiger charge is -2.28. The zero-order valence-electron chi connectivity index (χ0n) is 12.2. The van der Waals surface area contributed by atoms with E-state index in [0.717, 1.165) is 4.31 Å². The molecule has 130 valence electrons. The van der Waals surface area contributed by atoms with Crippen LogP contribution in [0.25, 0.3) is 0 Å². The second-order valence-corrected chi connectivity index (χ2v) is 10.5. The van der Waals surface area contributed by atoms with Crippen LogP contribution in [0.5, 0.6) is 0 Å². The van der Waals surface area contributed by atoms with E-state index in [1.807, 2.05) is 0 Å². The molecule has 2 rings (SSSR count). The summed E-state index contributed by atoms with van der Waals surface area (Å²) in [5.41, 5.74) is 0. The molecule has 0 aliphatic carbocycles. The van der Waals surface area contributed by atoms with E-state index in [2.05, 4.69) is 15.9 Å². The summed E-state index contributed by atoms with van der Waals surface area (Å²) in [6.07, 6.45) is -1.10. The van der Waals surface area contributed by atoms with Gasteiger partial charge in [-0.3, -0.25) is 0 Å². The molecule has 0 saturated carbocycles. The molecule has 1 aliphatic rings. The van der Waals surface area contributed by atoms with E-state index >= 15 is 0 Å². The highest BCUT2D eigenvalue weighted by atomic mass is 79.9. The van der Waals surface area contributed by atoms with Gasteiger partial charge < -0.3 is 10.2 Å². The molecular formula is C13H18BrNO6S2. The average molecular weight is 428 g/mol. The highest BCUT2D eigenvalue weighted by Crippen LogP contribution is 2.26. The van der Waals surface area contributed by atoms with Crippen LogP contribution < -0.4 is 0 Å². The number of benzene rings is 1. The SMILES string of the molecule is O=S1(=O)CC[C@H](N(C[C@H](O)CO)S(=O)(=O)c2ccc(Br)cc2)C1. The van der Waals surface area contributed by atoms with Gasteiger partial charge in [-0.2, -0.15) is 4.31 Å². The molecule has 0 unspecified atom stereocenters. The van der Waals surface area contributed by atoms with Crippen molar-refractivity contribution >= 4 is 35.8 Å². The Balaban J connectivity index is 2.37. The Hall–Kier alpha value is -0.520. The maximum absolute atomic E-state index is 12.8. The summed E-state index contributed by atoms with van der Waals surface area (Å²) < 4.78 is 50.7. The zero-order chi connectivity index (χ0) is 17.3. The fraction of sp³-hybridized carbons (Fsp3) is 0.538. The van der Waals surface area contributed by atoms with Crippen LogP contribution in [-0.4, -0.2) is 68.2 Å². The smallest absolute Gasteiger partial charge is 0.243 e. The van der Waals surface area contributed by atoms with Gasteiger partial charge in [-0.05, 0) is 30.7 Å². The molecule has 2 atom stereocenters. The molecule has 1 heterocycles. The molecule has 1 aromatic rings. The van der Waals surface area contributed by atoms with Crippen LogP contribution in [0.2, 0.25) is 0 Å². The van der Waals surface area contributed by atoms with Crippen molar-refractivity contribution in [1.82, 2.24) is 4.31 Å². The first-order valence-electron chi connectivity index (χ1n) is 6.92. The number of halogens is 1. The first kappa shape index (κ1) is 18.8. The van der Waals surface area contributed by atoms with Crippen molar-refractivity contribution in [3.05, 3.63) is 28.7 Å². The lowest BCUT2D eigenvalue weighted by molar-refractivity contribution is 0.0730. The lowest BCUT2D eigenvalue weighted by Crippen LogP contribution is -2.46. The molecule has 0 aromatic heterocycles. The number of aliphatic hydroxyl groups is 2. The van der Waals surface area contributed by atoms with Crippen LogP contribution in [0.15, 0.2) is 33.6 Å². The third-order valence-electron chi connectivity index (χ3n) is 3.64. The van der Waals surface area contributed by atoms with E-state index in [0.29, 0.717) is 4.47 Å². The monoisotopic (exact) mass is 427 g/mol. The molecule has 10 heteroatoms. The van der Waals surface area contributed by atoms with Gasteiger partial charge in [0.05, 0.1) is 29.1 Å². The van der Waals surface area contributed by atoms with Gasteiger partial charge in [0.1, 0.15) is 0 Å². The minimum atomic E-state index is -3.98. The number of hydrogen-bond acceptors (Lipinski definition) is 6. The predicted molar refractivity (Wildman–Crippen MR) is 88.2 cm³/mol. The van der Waals surface area contributed by atoms with E-state index in [9.17, 15) is 21.9 Å². The van der Waals surface area contributed by atoms with Crippen LogP contribution in [0, 0.1) is 0 Å². The minimum absolute atomic E-state index is 0.00939. The molecule has 1 aliphatic heterocycles. The van der Waals surface area contributed by atoms with Crippen LogP contribution in [-0.2, 0) is 19.9 Å². The van der Waals surface area contributed by atoms with Crippen molar-refractivity contribution < 1.29 is 27.0 Å². The number of sulfone groups is 1. The summed E-state index contributed by atoms with van der Waals surface area (Å²) in [6.45, 7) is -0.957. The van der Waals surface area contributed by atoms with Gasteiger partial charge in [0.2, 0.25) is 10.0 Å². The van der Waals surface area contributed by atoms with Crippen molar-refractivity contribution in [2.24, 2.45) is 0 Å². The highest BCUT2D eigenvalue weighted by Gasteiger charge is 2.39. The number of nitrogens with zero attached hydrogens (tertiary/aromatic N) is 1. The summed E-state index contributed by atoms with van der Waals surface area (Å²) in [4.78, 5) is 0.00939. The Bertz CT molecular complexity index is 747. The Morgan fingerprint density at radius 2 is 1.91 bits per heavy atom. The van der Waals surface area contributed by atoms with Gasteiger partial charge >= 0.3 is 0 Å². The Morgan fingerprint density at radius 1 is 1.30 bits per heavy atom. The Labute approximate surface area is 144 Å². The normalized spacial score (nSPS) is 22.3. The summed E-state index contributed by atoms with van der Waals surface area (Å²) in [5, 5.41) is 18.7. The largest absolute Gasteiger partial charge is 0.394 e. The van der Waals surface area contributed by atoms with Gasteiger partial charge in [-0.25, -0.2) is 16.8 Å². The predicted octanol–water partition coefficient (Wildman–Crippen LogP) is -0.0199. The van der Waals surface area contributed by atoms with Gasteiger partial charge in [-0.15, -0.1) is 0 Å². The van der Waals surface area contributed by atoms with Crippen molar-refractivity contribution in [3.8, 4) is 0 Å². The Morgan fingerprint density at radius 3 is 2.39 bits per heavy atom. The molecule has 1 fully saturated rings. The molecule has 1 saturated heterocycles. The van der Waals surface area contributed by atoms with Crippen molar-refractivity contribution in [3.63, 3.8) is 0 Å². The molecule has 0 radical (unpaired) electrons. The van der Waals surface area contributed by atoms with Crippen LogP contribution in [0.1, 0.15) is 6.42 Å². The molecular weight excluding hydrogens is 410 g/mol. The van der Waals surface area contributed by atoms with Crippen molar-refractivity contribution in [2.45, 2.75) is 23.5 Å². The molecule has 7 nitrogen and oxygen atoms in total. The lowest BCUT2D eigenvalue weighted by atomic mass is 10.2. The van der Waals surface area contributed by atoms with Gasteiger partial charge in [0.25, 0.3) is 0 Å². The first-order chi connectivity index (χ1) is 10.7. The molecule has 0 amide bonds. The summed E-state index contributed by atoms with van der Waals surface area (Å²) in [7, 11) is -7.27. The number of aliphatic hydroxyl groups excluding tert-OH is 2. The second-order valence-electron chi connectivity index (χ2n) is 5.42. The number of hydrogen-bond donors (Lipinski definition) is 2. The molecule has 1 aromatic carbocycles. The van der Waals surface area contributed by atoms with Gasteiger partial charge in [0, 0.05) is 17.1 Å². The Kier molecular flexibility index (Phi) is 5.85. The number of rotatable bonds is 6. The van der Waals surface area contributed by atoms with Crippen LogP contribution in [0.3, 0.4) is 0 Å². The first-order valence-corrected chi connectivity index (χ1v) is 11.0. The summed E-state index contributed by atoms with van der Waals surface area (Å²) in [6, 6.07) is 5.20.